The van der Waals surface area contributed by atoms with Crippen LogP contribution >= 0.6 is 0 Å². The normalized spacial score (nSPS) is 10.7. The van der Waals surface area contributed by atoms with Crippen molar-refractivity contribution in [1.29, 1.82) is 0 Å². The van der Waals surface area contributed by atoms with Gasteiger partial charge in [-0.15, -0.1) is 0 Å². The van der Waals surface area contributed by atoms with Crippen LogP contribution in [0.15, 0.2) is 97.2 Å². The zero-order valence-corrected chi connectivity index (χ0v) is 19.5. The number of amides is 1. The van der Waals surface area contributed by atoms with Crippen LogP contribution < -0.4 is 5.32 Å². The van der Waals surface area contributed by atoms with Gasteiger partial charge in [-0.3, -0.25) is 4.79 Å². The molecule has 0 spiro atoms. The van der Waals surface area contributed by atoms with Crippen LogP contribution in [0.3, 0.4) is 0 Å². The number of aryl methyl sites for hydroxylation is 1. The number of pyridine rings is 1. The number of hydrogen-bond acceptors (Lipinski definition) is 6. The maximum Gasteiger partial charge on any atom is 0.338 e. The standard InChI is InChI=1S/C29H22N4O3/c1-19-9-8-16-30-28(19)33-25(34)18-36-29(35)22-14-15-23-24(17-22)32-27(21-12-6-3-7-13-21)26(31-23)20-10-4-2-5-11-20/h2-17H,18H2,1H3,(H,30,33,34). The molecule has 0 atom stereocenters. The molecule has 5 rings (SSSR count). The van der Waals surface area contributed by atoms with Gasteiger partial charge in [0.1, 0.15) is 5.82 Å². The summed E-state index contributed by atoms with van der Waals surface area (Å²) in [5.41, 5.74) is 5.63. The van der Waals surface area contributed by atoms with Gasteiger partial charge in [0, 0.05) is 17.3 Å². The predicted octanol–water partition coefficient (Wildman–Crippen LogP) is 5.46. The second kappa shape index (κ2) is 10.1. The Bertz CT molecular complexity index is 1550. The summed E-state index contributed by atoms with van der Waals surface area (Å²) in [6.07, 6.45) is 1.58. The molecular weight excluding hydrogens is 452 g/mol. The molecule has 2 heterocycles. The van der Waals surface area contributed by atoms with Crippen molar-refractivity contribution in [3.05, 3.63) is 108 Å². The van der Waals surface area contributed by atoms with Crippen molar-refractivity contribution < 1.29 is 14.3 Å². The quantitative estimate of drug-likeness (QED) is 0.328. The van der Waals surface area contributed by atoms with Crippen molar-refractivity contribution >= 4 is 28.7 Å². The fourth-order valence-electron chi connectivity index (χ4n) is 3.78. The number of rotatable bonds is 6. The number of benzene rings is 3. The molecule has 3 aromatic carbocycles. The molecule has 7 heteroatoms. The zero-order valence-electron chi connectivity index (χ0n) is 19.5. The van der Waals surface area contributed by atoms with Crippen molar-refractivity contribution in [2.45, 2.75) is 6.92 Å². The topological polar surface area (TPSA) is 94.1 Å². The number of carbonyl (C=O) groups excluding carboxylic acids is 2. The van der Waals surface area contributed by atoms with Gasteiger partial charge in [0.15, 0.2) is 6.61 Å². The molecule has 176 valence electrons. The van der Waals surface area contributed by atoms with Gasteiger partial charge in [-0.1, -0.05) is 66.7 Å². The van der Waals surface area contributed by atoms with E-state index in [0.29, 0.717) is 22.5 Å². The molecule has 0 radical (unpaired) electrons. The third kappa shape index (κ3) is 4.95. The molecule has 0 fully saturated rings. The largest absolute Gasteiger partial charge is 0.452 e. The smallest absolute Gasteiger partial charge is 0.338 e. The lowest BCUT2D eigenvalue weighted by molar-refractivity contribution is -0.119. The van der Waals surface area contributed by atoms with E-state index in [9.17, 15) is 9.59 Å². The third-order valence-electron chi connectivity index (χ3n) is 5.60. The van der Waals surface area contributed by atoms with E-state index in [1.807, 2.05) is 73.7 Å². The van der Waals surface area contributed by atoms with Crippen molar-refractivity contribution in [3.8, 4) is 22.5 Å². The van der Waals surface area contributed by atoms with Crippen LogP contribution in [0.1, 0.15) is 15.9 Å². The molecular formula is C29H22N4O3. The second-order valence-electron chi connectivity index (χ2n) is 8.15. The molecule has 1 N–H and O–H groups in total. The number of esters is 1. The highest BCUT2D eigenvalue weighted by atomic mass is 16.5. The number of aromatic nitrogens is 3. The summed E-state index contributed by atoms with van der Waals surface area (Å²) < 4.78 is 5.23. The highest BCUT2D eigenvalue weighted by Gasteiger charge is 2.16. The van der Waals surface area contributed by atoms with Gasteiger partial charge in [0.2, 0.25) is 0 Å². The number of anilines is 1. The molecule has 5 aromatic rings. The van der Waals surface area contributed by atoms with Crippen LogP contribution in [0.25, 0.3) is 33.5 Å². The summed E-state index contributed by atoms with van der Waals surface area (Å²) in [6, 6.07) is 28.2. The van der Waals surface area contributed by atoms with Crippen molar-refractivity contribution in [2.75, 3.05) is 11.9 Å². The fraction of sp³-hybridized carbons (Fsp3) is 0.0690. The number of ether oxygens (including phenoxy) is 1. The molecule has 7 nitrogen and oxygen atoms in total. The van der Waals surface area contributed by atoms with Crippen molar-refractivity contribution in [1.82, 2.24) is 15.0 Å². The lowest BCUT2D eigenvalue weighted by atomic mass is 10.0. The summed E-state index contributed by atoms with van der Waals surface area (Å²) in [5, 5.41) is 2.64. The van der Waals surface area contributed by atoms with Crippen molar-refractivity contribution in [3.63, 3.8) is 0 Å². The monoisotopic (exact) mass is 474 g/mol. The Morgan fingerprint density at radius 2 is 1.42 bits per heavy atom. The average molecular weight is 475 g/mol. The van der Waals surface area contributed by atoms with Crippen LogP contribution in [0, 0.1) is 6.92 Å². The van der Waals surface area contributed by atoms with Crippen LogP contribution in [-0.4, -0.2) is 33.4 Å². The molecule has 0 bridgehead atoms. The summed E-state index contributed by atoms with van der Waals surface area (Å²) >= 11 is 0. The molecule has 0 saturated heterocycles. The van der Waals surface area contributed by atoms with Crippen LogP contribution in [0.2, 0.25) is 0 Å². The maximum absolute atomic E-state index is 12.7. The van der Waals surface area contributed by atoms with E-state index in [-0.39, 0.29) is 5.56 Å². The second-order valence-corrected chi connectivity index (χ2v) is 8.15. The summed E-state index contributed by atoms with van der Waals surface area (Å²) in [4.78, 5) is 38.8. The SMILES string of the molecule is Cc1cccnc1NC(=O)COC(=O)c1ccc2nc(-c3ccccc3)c(-c3ccccc3)nc2c1. The predicted molar refractivity (Wildman–Crippen MR) is 138 cm³/mol. The van der Waals surface area contributed by atoms with E-state index in [1.54, 1.807) is 30.5 Å². The third-order valence-corrected chi connectivity index (χ3v) is 5.60. The molecule has 0 aliphatic heterocycles. The number of hydrogen-bond donors (Lipinski definition) is 1. The van der Waals surface area contributed by atoms with E-state index in [4.69, 9.17) is 14.7 Å². The maximum atomic E-state index is 12.7. The van der Waals surface area contributed by atoms with Gasteiger partial charge in [0.25, 0.3) is 5.91 Å². The van der Waals surface area contributed by atoms with Gasteiger partial charge in [-0.2, -0.15) is 0 Å². The lowest BCUT2D eigenvalue weighted by Gasteiger charge is -2.11. The van der Waals surface area contributed by atoms with E-state index < -0.39 is 18.5 Å². The first-order valence-electron chi connectivity index (χ1n) is 11.4. The molecule has 2 aromatic heterocycles. The van der Waals surface area contributed by atoms with Gasteiger partial charge >= 0.3 is 5.97 Å². The minimum atomic E-state index is -0.625. The fourth-order valence-corrected chi connectivity index (χ4v) is 3.78. The van der Waals surface area contributed by atoms with E-state index in [1.165, 1.54) is 0 Å². The van der Waals surface area contributed by atoms with Crippen molar-refractivity contribution in [2.24, 2.45) is 0 Å². The van der Waals surface area contributed by atoms with E-state index >= 15 is 0 Å². The molecule has 1 amide bonds. The average Bonchev–Trinajstić information content (AvgIpc) is 2.93. The van der Waals surface area contributed by atoms with Crippen LogP contribution in [0.5, 0.6) is 0 Å². The summed E-state index contributed by atoms with van der Waals surface area (Å²) in [7, 11) is 0. The highest BCUT2D eigenvalue weighted by molar-refractivity contribution is 5.97. The Morgan fingerprint density at radius 3 is 2.06 bits per heavy atom. The van der Waals surface area contributed by atoms with Gasteiger partial charge in [-0.25, -0.2) is 19.7 Å². The first kappa shape index (κ1) is 22.9. The Morgan fingerprint density at radius 1 is 0.778 bits per heavy atom. The van der Waals surface area contributed by atoms with Crippen LogP contribution in [-0.2, 0) is 9.53 Å². The van der Waals surface area contributed by atoms with Gasteiger partial charge in [0.05, 0.1) is 28.0 Å². The Kier molecular flexibility index (Phi) is 6.44. The van der Waals surface area contributed by atoms with Gasteiger partial charge in [-0.05, 0) is 36.8 Å². The number of nitrogens with zero attached hydrogens (tertiary/aromatic N) is 3. The van der Waals surface area contributed by atoms with E-state index in [2.05, 4.69) is 10.3 Å². The number of carbonyl (C=O) groups is 2. The van der Waals surface area contributed by atoms with Gasteiger partial charge < -0.3 is 10.1 Å². The molecule has 0 aliphatic carbocycles. The Balaban J connectivity index is 1.41. The first-order chi connectivity index (χ1) is 17.6. The summed E-state index contributed by atoms with van der Waals surface area (Å²) in [6.45, 7) is 1.40. The Hall–Kier alpha value is -4.91. The van der Waals surface area contributed by atoms with Crippen LogP contribution in [0.4, 0.5) is 5.82 Å². The molecule has 0 aliphatic rings. The minimum absolute atomic E-state index is 0.282. The highest BCUT2D eigenvalue weighted by Crippen LogP contribution is 2.31. The minimum Gasteiger partial charge on any atom is -0.452 e. The number of nitrogens with one attached hydrogen (secondary N) is 1. The summed E-state index contributed by atoms with van der Waals surface area (Å²) in [5.74, 6) is -0.660. The lowest BCUT2D eigenvalue weighted by Crippen LogP contribution is -2.21. The molecule has 0 saturated carbocycles. The first-order valence-corrected chi connectivity index (χ1v) is 11.4. The molecule has 36 heavy (non-hydrogen) atoms. The zero-order chi connectivity index (χ0) is 24.9. The van der Waals surface area contributed by atoms with E-state index in [0.717, 1.165) is 22.4 Å². The number of fused-ring (bicyclic) bond motifs is 1. The molecule has 0 unspecified atom stereocenters. The Labute approximate surface area is 207 Å².